The van der Waals surface area contributed by atoms with Crippen molar-refractivity contribution in [1.82, 2.24) is 4.90 Å². The lowest BCUT2D eigenvalue weighted by molar-refractivity contribution is 0.0432. The Morgan fingerprint density at radius 3 is 2.81 bits per heavy atom. The van der Waals surface area contributed by atoms with E-state index in [9.17, 15) is 4.79 Å². The SMILES string of the molecule is CCCOC1CCCN(C(=O)c2ccccc2N)CC1.Cl. The number of nitrogen functional groups attached to an aromatic ring is 1. The van der Waals surface area contributed by atoms with Crippen LogP contribution in [0.25, 0.3) is 0 Å². The summed E-state index contributed by atoms with van der Waals surface area (Å²) in [7, 11) is 0. The average molecular weight is 313 g/mol. The van der Waals surface area contributed by atoms with E-state index in [4.69, 9.17) is 10.5 Å². The molecule has 0 saturated carbocycles. The molecule has 1 aromatic carbocycles. The van der Waals surface area contributed by atoms with E-state index in [1.165, 1.54) is 0 Å². The lowest BCUT2D eigenvalue weighted by Crippen LogP contribution is -2.32. The zero-order valence-corrected chi connectivity index (χ0v) is 13.4. The number of hydrogen-bond donors (Lipinski definition) is 1. The van der Waals surface area contributed by atoms with Crippen molar-refractivity contribution in [1.29, 1.82) is 0 Å². The van der Waals surface area contributed by atoms with Crippen LogP contribution in [-0.4, -0.2) is 36.6 Å². The van der Waals surface area contributed by atoms with Crippen molar-refractivity contribution < 1.29 is 9.53 Å². The molecule has 2 rings (SSSR count). The molecular weight excluding hydrogens is 288 g/mol. The Hall–Kier alpha value is -1.26. The van der Waals surface area contributed by atoms with E-state index >= 15 is 0 Å². The number of halogens is 1. The third-order valence-corrected chi connectivity index (χ3v) is 3.71. The van der Waals surface area contributed by atoms with Gasteiger partial charge in [-0.05, 0) is 37.8 Å². The van der Waals surface area contributed by atoms with E-state index in [1.807, 2.05) is 17.0 Å². The predicted octanol–water partition coefficient (Wildman–Crippen LogP) is 3.11. The van der Waals surface area contributed by atoms with Gasteiger partial charge in [0.15, 0.2) is 0 Å². The summed E-state index contributed by atoms with van der Waals surface area (Å²) >= 11 is 0. The molecule has 118 valence electrons. The second kappa shape index (κ2) is 8.90. The van der Waals surface area contributed by atoms with E-state index in [-0.39, 0.29) is 18.3 Å². The number of likely N-dealkylation sites (tertiary alicyclic amines) is 1. The normalized spacial score (nSPS) is 18.7. The first-order valence-electron chi connectivity index (χ1n) is 7.47. The van der Waals surface area contributed by atoms with Gasteiger partial charge in [0.1, 0.15) is 0 Å². The zero-order valence-electron chi connectivity index (χ0n) is 12.6. The highest BCUT2D eigenvalue weighted by Crippen LogP contribution is 2.19. The number of benzene rings is 1. The minimum absolute atomic E-state index is 0. The number of para-hydroxylation sites is 1. The van der Waals surface area contributed by atoms with Gasteiger partial charge < -0.3 is 15.4 Å². The molecule has 1 fully saturated rings. The Kier molecular flexibility index (Phi) is 7.54. The third kappa shape index (κ3) is 4.90. The molecule has 1 amide bonds. The second-order valence-corrected chi connectivity index (χ2v) is 5.30. The molecule has 1 aromatic rings. The van der Waals surface area contributed by atoms with Crippen LogP contribution in [-0.2, 0) is 4.74 Å². The number of carbonyl (C=O) groups is 1. The molecule has 0 radical (unpaired) electrons. The summed E-state index contributed by atoms with van der Waals surface area (Å²) in [4.78, 5) is 14.4. The van der Waals surface area contributed by atoms with E-state index in [2.05, 4.69) is 6.92 Å². The van der Waals surface area contributed by atoms with Crippen molar-refractivity contribution in [2.75, 3.05) is 25.4 Å². The maximum Gasteiger partial charge on any atom is 0.255 e. The van der Waals surface area contributed by atoms with E-state index in [0.29, 0.717) is 17.4 Å². The standard InChI is InChI=1S/C16H24N2O2.ClH/c1-2-12-20-13-6-5-10-18(11-9-13)16(19)14-7-3-4-8-15(14)17;/h3-4,7-8,13H,2,5-6,9-12,17H2,1H3;1H. The molecule has 1 aliphatic rings. The summed E-state index contributed by atoms with van der Waals surface area (Å²) in [5.41, 5.74) is 7.06. The number of nitrogens with two attached hydrogens (primary N) is 1. The van der Waals surface area contributed by atoms with E-state index < -0.39 is 0 Å². The molecular formula is C16H25ClN2O2. The average Bonchev–Trinajstić information content (AvgIpc) is 2.70. The molecule has 4 nitrogen and oxygen atoms in total. The van der Waals surface area contributed by atoms with Gasteiger partial charge in [-0.1, -0.05) is 19.1 Å². The Bertz CT molecular complexity index is 454. The van der Waals surface area contributed by atoms with Crippen LogP contribution >= 0.6 is 12.4 Å². The van der Waals surface area contributed by atoms with E-state index in [0.717, 1.165) is 45.4 Å². The van der Waals surface area contributed by atoms with Gasteiger partial charge in [0.2, 0.25) is 0 Å². The first-order valence-corrected chi connectivity index (χ1v) is 7.47. The van der Waals surface area contributed by atoms with Crippen molar-refractivity contribution in [3.63, 3.8) is 0 Å². The van der Waals surface area contributed by atoms with Gasteiger partial charge in [-0.25, -0.2) is 0 Å². The highest BCUT2D eigenvalue weighted by atomic mass is 35.5. The molecule has 0 bridgehead atoms. The van der Waals surface area contributed by atoms with Crippen molar-refractivity contribution in [3.8, 4) is 0 Å². The number of ether oxygens (including phenoxy) is 1. The minimum atomic E-state index is 0. The Balaban J connectivity index is 0.00000220. The fourth-order valence-corrected chi connectivity index (χ4v) is 2.58. The van der Waals surface area contributed by atoms with Crippen molar-refractivity contribution >= 4 is 24.0 Å². The van der Waals surface area contributed by atoms with Crippen molar-refractivity contribution in [3.05, 3.63) is 29.8 Å². The van der Waals surface area contributed by atoms with Crippen LogP contribution in [0.4, 0.5) is 5.69 Å². The van der Waals surface area contributed by atoms with Gasteiger partial charge in [0.05, 0.1) is 11.7 Å². The van der Waals surface area contributed by atoms with E-state index in [1.54, 1.807) is 12.1 Å². The quantitative estimate of drug-likeness (QED) is 0.869. The Morgan fingerprint density at radius 1 is 1.33 bits per heavy atom. The number of nitrogens with zero attached hydrogens (tertiary/aromatic N) is 1. The minimum Gasteiger partial charge on any atom is -0.398 e. The maximum atomic E-state index is 12.5. The molecule has 5 heteroatoms. The summed E-state index contributed by atoms with van der Waals surface area (Å²) in [6.07, 6.45) is 4.28. The summed E-state index contributed by atoms with van der Waals surface area (Å²) in [5.74, 6) is 0.0410. The molecule has 0 aromatic heterocycles. The topological polar surface area (TPSA) is 55.6 Å². The molecule has 1 unspecified atom stereocenters. The summed E-state index contributed by atoms with van der Waals surface area (Å²) < 4.78 is 5.81. The second-order valence-electron chi connectivity index (χ2n) is 5.30. The van der Waals surface area contributed by atoms with Gasteiger partial charge in [0.25, 0.3) is 5.91 Å². The molecule has 1 aliphatic heterocycles. The number of hydrogen-bond acceptors (Lipinski definition) is 3. The molecule has 0 aliphatic carbocycles. The van der Waals surface area contributed by atoms with Crippen LogP contribution in [0.15, 0.2) is 24.3 Å². The predicted molar refractivity (Wildman–Crippen MR) is 87.9 cm³/mol. The third-order valence-electron chi connectivity index (χ3n) is 3.71. The van der Waals surface area contributed by atoms with Crippen LogP contribution in [0.2, 0.25) is 0 Å². The van der Waals surface area contributed by atoms with Crippen LogP contribution in [0.5, 0.6) is 0 Å². The largest absolute Gasteiger partial charge is 0.398 e. The molecule has 21 heavy (non-hydrogen) atoms. The van der Waals surface area contributed by atoms with Gasteiger partial charge in [0, 0.05) is 25.4 Å². The molecule has 1 saturated heterocycles. The fraction of sp³-hybridized carbons (Fsp3) is 0.562. The van der Waals surface area contributed by atoms with Crippen LogP contribution < -0.4 is 5.73 Å². The molecule has 0 spiro atoms. The monoisotopic (exact) mass is 312 g/mol. The molecule has 2 N–H and O–H groups in total. The zero-order chi connectivity index (χ0) is 14.4. The number of anilines is 1. The smallest absolute Gasteiger partial charge is 0.255 e. The Labute approximate surface area is 133 Å². The summed E-state index contributed by atoms with van der Waals surface area (Å²) in [5, 5.41) is 0. The van der Waals surface area contributed by atoms with Crippen molar-refractivity contribution in [2.45, 2.75) is 38.7 Å². The number of rotatable bonds is 4. The highest BCUT2D eigenvalue weighted by molar-refractivity contribution is 5.99. The van der Waals surface area contributed by atoms with Gasteiger partial charge in [-0.2, -0.15) is 0 Å². The first kappa shape index (κ1) is 17.8. The highest BCUT2D eigenvalue weighted by Gasteiger charge is 2.22. The lowest BCUT2D eigenvalue weighted by atomic mass is 10.1. The first-order chi connectivity index (χ1) is 9.72. The van der Waals surface area contributed by atoms with Crippen LogP contribution in [0.3, 0.4) is 0 Å². The Morgan fingerprint density at radius 2 is 2.10 bits per heavy atom. The summed E-state index contributed by atoms with van der Waals surface area (Å²) in [6, 6.07) is 7.28. The van der Waals surface area contributed by atoms with Gasteiger partial charge in [-0.3, -0.25) is 4.79 Å². The summed E-state index contributed by atoms with van der Waals surface area (Å²) in [6.45, 7) is 4.47. The lowest BCUT2D eigenvalue weighted by Gasteiger charge is -2.21. The van der Waals surface area contributed by atoms with Gasteiger partial charge >= 0.3 is 0 Å². The number of carbonyl (C=O) groups excluding carboxylic acids is 1. The molecule has 1 atom stereocenters. The maximum absolute atomic E-state index is 12.5. The van der Waals surface area contributed by atoms with Gasteiger partial charge in [-0.15, -0.1) is 12.4 Å². The fourth-order valence-electron chi connectivity index (χ4n) is 2.58. The van der Waals surface area contributed by atoms with Crippen LogP contribution in [0.1, 0.15) is 43.0 Å². The number of amides is 1. The van der Waals surface area contributed by atoms with Crippen LogP contribution in [0, 0.1) is 0 Å². The van der Waals surface area contributed by atoms with Crippen molar-refractivity contribution in [2.24, 2.45) is 0 Å². The molecule has 1 heterocycles.